The number of benzene rings is 2. The number of halogens is 2. The molecule has 0 bridgehead atoms. The highest BCUT2D eigenvalue weighted by molar-refractivity contribution is 6.15. The van der Waals surface area contributed by atoms with E-state index in [2.05, 4.69) is 20.6 Å². The van der Waals surface area contributed by atoms with E-state index < -0.39 is 17.0 Å². The summed E-state index contributed by atoms with van der Waals surface area (Å²) >= 11 is 0. The molecule has 0 aliphatic carbocycles. The molecular formula is C15H12F2N4O2. The Morgan fingerprint density at radius 3 is 1.83 bits per heavy atom. The zero-order valence-electron chi connectivity index (χ0n) is 12.9. The Bertz CT molecular complexity index is 1090. The molecule has 0 amide bonds. The highest BCUT2D eigenvalue weighted by Crippen LogP contribution is 2.41. The molecule has 0 radical (unpaired) electrons. The fraction of sp³-hybridized carbons (Fsp3) is 0.333. The van der Waals surface area contributed by atoms with Crippen molar-refractivity contribution in [3.63, 3.8) is 0 Å². The van der Waals surface area contributed by atoms with Gasteiger partial charge >= 0.3 is 0 Å². The summed E-state index contributed by atoms with van der Waals surface area (Å²) in [4.78, 5) is 0. The smallest absolute Gasteiger partial charge is 0.146 e. The quantitative estimate of drug-likeness (QED) is 0.491. The fourth-order valence-electron chi connectivity index (χ4n) is 2.98. The van der Waals surface area contributed by atoms with Crippen LogP contribution < -0.4 is 0 Å². The van der Waals surface area contributed by atoms with Crippen molar-refractivity contribution >= 4 is 32.8 Å². The fourth-order valence-corrected chi connectivity index (χ4v) is 2.98. The first kappa shape index (κ1) is 14.0. The highest BCUT2D eigenvalue weighted by atomic mass is 19.1. The van der Waals surface area contributed by atoms with Gasteiger partial charge in [0, 0.05) is 11.1 Å². The van der Waals surface area contributed by atoms with E-state index in [1.807, 2.05) is 20.8 Å². The molecule has 23 heavy (non-hydrogen) atoms. The van der Waals surface area contributed by atoms with Crippen LogP contribution in [0.15, 0.2) is 9.26 Å². The largest absolute Gasteiger partial charge is 0.243 e. The molecule has 6 nitrogen and oxygen atoms in total. The van der Waals surface area contributed by atoms with Crippen LogP contribution in [0.5, 0.6) is 0 Å². The molecule has 2 aromatic heterocycles. The lowest BCUT2D eigenvalue weighted by atomic mass is 9.83. The number of hydrogen-bond donors (Lipinski definition) is 0. The first-order valence-corrected chi connectivity index (χ1v) is 7.00. The Balaban J connectivity index is 2.43. The molecule has 0 saturated carbocycles. The van der Waals surface area contributed by atoms with Crippen molar-refractivity contribution in [3.8, 4) is 0 Å². The van der Waals surface area contributed by atoms with E-state index in [1.165, 1.54) is 6.92 Å². The molecular weight excluding hydrogens is 306 g/mol. The van der Waals surface area contributed by atoms with Crippen LogP contribution in [0, 0.1) is 18.6 Å². The summed E-state index contributed by atoms with van der Waals surface area (Å²) in [6.07, 6.45) is 0. The van der Waals surface area contributed by atoms with E-state index >= 15 is 4.39 Å². The van der Waals surface area contributed by atoms with Crippen LogP contribution in [-0.2, 0) is 5.41 Å². The average molecular weight is 318 g/mol. The average Bonchev–Trinajstić information content (AvgIpc) is 3.10. The number of hydrogen-bond acceptors (Lipinski definition) is 6. The molecule has 0 fully saturated rings. The maximum Gasteiger partial charge on any atom is 0.146 e. The number of aromatic nitrogens is 4. The molecule has 0 aliphatic rings. The van der Waals surface area contributed by atoms with Crippen molar-refractivity contribution in [1.82, 2.24) is 20.6 Å². The first-order valence-electron chi connectivity index (χ1n) is 7.00. The number of nitrogens with zero attached hydrogens (tertiary/aromatic N) is 4. The Hall–Kier alpha value is -2.64. The molecule has 8 heteroatoms. The maximum absolute atomic E-state index is 15.3. The van der Waals surface area contributed by atoms with Crippen LogP contribution in [0.4, 0.5) is 8.78 Å². The molecule has 0 N–H and O–H groups in total. The van der Waals surface area contributed by atoms with Gasteiger partial charge in [-0.3, -0.25) is 0 Å². The van der Waals surface area contributed by atoms with Crippen molar-refractivity contribution in [2.45, 2.75) is 33.1 Å². The predicted molar refractivity (Wildman–Crippen MR) is 78.0 cm³/mol. The summed E-state index contributed by atoms with van der Waals surface area (Å²) in [5.74, 6) is -1.25. The first-order chi connectivity index (χ1) is 10.8. The third-order valence-corrected chi connectivity index (χ3v) is 4.03. The molecule has 2 heterocycles. The maximum atomic E-state index is 15.3. The monoisotopic (exact) mass is 318 g/mol. The Morgan fingerprint density at radius 1 is 0.739 bits per heavy atom. The van der Waals surface area contributed by atoms with Crippen LogP contribution in [0.1, 0.15) is 31.9 Å². The van der Waals surface area contributed by atoms with Gasteiger partial charge in [-0.2, -0.15) is 0 Å². The Kier molecular flexibility index (Phi) is 2.56. The van der Waals surface area contributed by atoms with Gasteiger partial charge in [-0.25, -0.2) is 18.0 Å². The molecule has 0 aliphatic heterocycles. The van der Waals surface area contributed by atoms with Crippen LogP contribution >= 0.6 is 0 Å². The van der Waals surface area contributed by atoms with Gasteiger partial charge in [0.1, 0.15) is 33.7 Å². The van der Waals surface area contributed by atoms with E-state index in [9.17, 15) is 4.39 Å². The molecule has 118 valence electrons. The van der Waals surface area contributed by atoms with Crippen LogP contribution in [0.2, 0.25) is 0 Å². The van der Waals surface area contributed by atoms with Gasteiger partial charge in [-0.15, -0.1) is 0 Å². The summed E-state index contributed by atoms with van der Waals surface area (Å²) in [5.41, 5.74) is 0.611. The standard InChI is InChI=1S/C15H12F2N4O2/c1-5-9(16)6-7(12-11(5)18-22-19-12)10(17)8(15(2,3)4)14-13(6)20-23-21-14/h1-4H3. The van der Waals surface area contributed by atoms with Crippen molar-refractivity contribution in [1.29, 1.82) is 0 Å². The second-order valence-corrected chi connectivity index (χ2v) is 6.55. The second-order valence-electron chi connectivity index (χ2n) is 6.55. The Labute approximate surface area is 128 Å². The van der Waals surface area contributed by atoms with Gasteiger partial charge < -0.3 is 0 Å². The van der Waals surface area contributed by atoms with Crippen molar-refractivity contribution < 1.29 is 18.0 Å². The summed E-state index contributed by atoms with van der Waals surface area (Å²) in [7, 11) is 0. The number of rotatable bonds is 0. The number of fused-ring (bicyclic) bond motifs is 5. The molecule has 4 aromatic rings. The molecule has 0 atom stereocenters. The lowest BCUT2D eigenvalue weighted by Gasteiger charge is -2.21. The van der Waals surface area contributed by atoms with E-state index in [0.717, 1.165) is 0 Å². The third-order valence-electron chi connectivity index (χ3n) is 4.03. The summed E-state index contributed by atoms with van der Waals surface area (Å²) in [5, 5.41) is 15.0. The second kappa shape index (κ2) is 4.21. The Morgan fingerprint density at radius 2 is 1.22 bits per heavy atom. The van der Waals surface area contributed by atoms with E-state index in [4.69, 9.17) is 9.26 Å². The van der Waals surface area contributed by atoms with Crippen LogP contribution in [0.25, 0.3) is 32.8 Å². The van der Waals surface area contributed by atoms with Gasteiger partial charge in [0.2, 0.25) is 0 Å². The molecule has 0 saturated heterocycles. The highest BCUT2D eigenvalue weighted by Gasteiger charge is 2.31. The third kappa shape index (κ3) is 1.66. The van der Waals surface area contributed by atoms with E-state index in [1.54, 1.807) is 0 Å². The predicted octanol–water partition coefficient (Wildman–Crippen LogP) is 3.80. The van der Waals surface area contributed by atoms with Crippen molar-refractivity contribution in [3.05, 3.63) is 22.8 Å². The van der Waals surface area contributed by atoms with Gasteiger partial charge in [0.25, 0.3) is 0 Å². The van der Waals surface area contributed by atoms with Gasteiger partial charge in [0.05, 0.1) is 10.8 Å². The lowest BCUT2D eigenvalue weighted by Crippen LogP contribution is -2.15. The van der Waals surface area contributed by atoms with Gasteiger partial charge in [0.15, 0.2) is 0 Å². The molecule has 4 rings (SSSR count). The molecule has 2 aromatic carbocycles. The van der Waals surface area contributed by atoms with Gasteiger partial charge in [-0.05, 0) is 33.0 Å². The molecule has 0 spiro atoms. The van der Waals surface area contributed by atoms with E-state index in [0.29, 0.717) is 0 Å². The normalized spacial score (nSPS) is 12.8. The zero-order valence-corrected chi connectivity index (χ0v) is 12.9. The summed E-state index contributed by atoms with van der Waals surface area (Å²) < 4.78 is 39.6. The van der Waals surface area contributed by atoms with Gasteiger partial charge in [-0.1, -0.05) is 20.8 Å². The van der Waals surface area contributed by atoms with Crippen molar-refractivity contribution in [2.75, 3.05) is 0 Å². The summed E-state index contributed by atoms with van der Waals surface area (Å²) in [6, 6.07) is 0. The summed E-state index contributed by atoms with van der Waals surface area (Å²) in [6.45, 7) is 7.01. The van der Waals surface area contributed by atoms with E-state index in [-0.39, 0.29) is 44.0 Å². The molecule has 0 unspecified atom stereocenters. The lowest BCUT2D eigenvalue weighted by molar-refractivity contribution is 0.315. The van der Waals surface area contributed by atoms with Crippen LogP contribution in [0.3, 0.4) is 0 Å². The SMILES string of the molecule is Cc1c(F)c2c3nonc3c(C(C)(C)C)c(F)c2c2nonc12. The topological polar surface area (TPSA) is 77.8 Å². The number of aryl methyl sites for hydroxylation is 1. The van der Waals surface area contributed by atoms with Crippen molar-refractivity contribution in [2.24, 2.45) is 0 Å². The minimum absolute atomic E-state index is 0.0162. The minimum Gasteiger partial charge on any atom is -0.243 e. The minimum atomic E-state index is -0.636. The van der Waals surface area contributed by atoms with Crippen LogP contribution in [-0.4, -0.2) is 20.6 Å². The zero-order chi connectivity index (χ0) is 16.5.